The zero-order valence-corrected chi connectivity index (χ0v) is 12.0. The van der Waals surface area contributed by atoms with Gasteiger partial charge in [0.25, 0.3) is 0 Å². The molecule has 18 heavy (non-hydrogen) atoms. The van der Waals surface area contributed by atoms with Crippen LogP contribution in [0.3, 0.4) is 0 Å². The molecular formula is C14H29N3O. The van der Waals surface area contributed by atoms with Gasteiger partial charge in [0, 0.05) is 25.6 Å². The van der Waals surface area contributed by atoms with Crippen LogP contribution in [0.4, 0.5) is 0 Å². The first kappa shape index (κ1) is 15.4. The Morgan fingerprint density at radius 3 is 2.56 bits per heavy atom. The molecule has 1 saturated heterocycles. The summed E-state index contributed by atoms with van der Waals surface area (Å²) in [7, 11) is 0. The van der Waals surface area contributed by atoms with Crippen LogP contribution in [-0.2, 0) is 4.79 Å². The Hall–Kier alpha value is -0.610. The molecule has 1 aliphatic rings. The lowest BCUT2D eigenvalue weighted by Crippen LogP contribution is -2.45. The van der Waals surface area contributed by atoms with Gasteiger partial charge in [0.15, 0.2) is 0 Å². The molecule has 0 bridgehead atoms. The number of carbonyl (C=O) groups is 1. The molecule has 1 aliphatic heterocycles. The van der Waals surface area contributed by atoms with E-state index in [1.54, 1.807) is 0 Å². The molecule has 4 nitrogen and oxygen atoms in total. The van der Waals surface area contributed by atoms with Gasteiger partial charge < -0.3 is 16.0 Å². The summed E-state index contributed by atoms with van der Waals surface area (Å²) < 4.78 is 0. The zero-order chi connectivity index (χ0) is 13.4. The van der Waals surface area contributed by atoms with Crippen molar-refractivity contribution in [1.29, 1.82) is 0 Å². The number of nitrogens with one attached hydrogen (secondary N) is 1. The first-order valence-electron chi connectivity index (χ1n) is 7.41. The molecular weight excluding hydrogens is 226 g/mol. The Morgan fingerprint density at radius 1 is 1.39 bits per heavy atom. The Kier molecular flexibility index (Phi) is 7.28. The molecule has 106 valence electrons. The average Bonchev–Trinajstić information content (AvgIpc) is 2.38. The quantitative estimate of drug-likeness (QED) is 0.722. The van der Waals surface area contributed by atoms with Crippen molar-refractivity contribution >= 4 is 5.91 Å². The fraction of sp³-hybridized carbons (Fsp3) is 0.929. The summed E-state index contributed by atoms with van der Waals surface area (Å²) in [5.74, 6) is 0.520. The number of amides is 1. The van der Waals surface area contributed by atoms with Crippen LogP contribution < -0.4 is 11.1 Å². The summed E-state index contributed by atoms with van der Waals surface area (Å²) in [6.45, 7) is 8.34. The average molecular weight is 255 g/mol. The molecule has 0 radical (unpaired) electrons. The van der Waals surface area contributed by atoms with Gasteiger partial charge in [-0.2, -0.15) is 0 Å². The summed E-state index contributed by atoms with van der Waals surface area (Å²) in [6.07, 6.45) is 4.96. The van der Waals surface area contributed by atoms with Crippen molar-refractivity contribution in [3.05, 3.63) is 0 Å². The maximum Gasteiger partial charge on any atom is 0.220 e. The van der Waals surface area contributed by atoms with Crippen LogP contribution in [0.25, 0.3) is 0 Å². The maximum absolute atomic E-state index is 11.9. The molecule has 1 unspecified atom stereocenters. The number of hydrogen-bond acceptors (Lipinski definition) is 3. The van der Waals surface area contributed by atoms with E-state index in [0.717, 1.165) is 32.4 Å². The van der Waals surface area contributed by atoms with Gasteiger partial charge in [-0.25, -0.2) is 0 Å². The summed E-state index contributed by atoms with van der Waals surface area (Å²) >= 11 is 0. The predicted molar refractivity (Wildman–Crippen MR) is 75.3 cm³/mol. The number of nitrogens with two attached hydrogens (primary N) is 1. The molecule has 1 heterocycles. The predicted octanol–water partition coefficient (Wildman–Crippen LogP) is 1.35. The molecule has 0 aromatic carbocycles. The molecule has 0 aliphatic carbocycles. The fourth-order valence-corrected chi connectivity index (χ4v) is 2.56. The van der Waals surface area contributed by atoms with Crippen molar-refractivity contribution < 1.29 is 4.79 Å². The second-order valence-corrected chi connectivity index (χ2v) is 5.40. The highest BCUT2D eigenvalue weighted by Gasteiger charge is 2.20. The number of rotatable bonds is 7. The maximum atomic E-state index is 11.9. The van der Waals surface area contributed by atoms with Crippen molar-refractivity contribution in [2.24, 2.45) is 11.7 Å². The van der Waals surface area contributed by atoms with Crippen molar-refractivity contribution in [3.8, 4) is 0 Å². The smallest absolute Gasteiger partial charge is 0.220 e. The highest BCUT2D eigenvalue weighted by atomic mass is 16.1. The summed E-state index contributed by atoms with van der Waals surface area (Å²) in [5, 5.41) is 3.16. The second kappa shape index (κ2) is 8.48. The largest absolute Gasteiger partial charge is 0.353 e. The van der Waals surface area contributed by atoms with Crippen molar-refractivity contribution in [3.63, 3.8) is 0 Å². The Bertz CT molecular complexity index is 233. The second-order valence-electron chi connectivity index (χ2n) is 5.40. The molecule has 1 fully saturated rings. The van der Waals surface area contributed by atoms with E-state index in [-0.39, 0.29) is 5.91 Å². The van der Waals surface area contributed by atoms with Crippen LogP contribution in [0.1, 0.15) is 46.0 Å². The normalized spacial score (nSPS) is 19.7. The zero-order valence-electron chi connectivity index (χ0n) is 12.0. The number of nitrogens with zero attached hydrogens (tertiary/aromatic N) is 1. The standard InChI is InChI=1S/C14H29N3O/c1-3-7-17-8-5-13(6-9-17)16-14(18)10-12(4-2)11-15/h12-13H,3-11,15H2,1-2H3,(H,16,18). The summed E-state index contributed by atoms with van der Waals surface area (Å²) in [5.41, 5.74) is 5.63. The highest BCUT2D eigenvalue weighted by Crippen LogP contribution is 2.12. The van der Waals surface area contributed by atoms with Crippen LogP contribution in [0, 0.1) is 5.92 Å². The molecule has 3 N–H and O–H groups in total. The highest BCUT2D eigenvalue weighted by molar-refractivity contribution is 5.76. The first-order chi connectivity index (χ1) is 8.69. The SMILES string of the molecule is CCCN1CCC(NC(=O)CC(CC)CN)CC1. The van der Waals surface area contributed by atoms with Crippen LogP contribution in [-0.4, -0.2) is 43.0 Å². The number of carbonyl (C=O) groups excluding carboxylic acids is 1. The Labute approximate surface area is 111 Å². The molecule has 1 amide bonds. The van der Waals surface area contributed by atoms with Crippen LogP contribution in [0.15, 0.2) is 0 Å². The fourth-order valence-electron chi connectivity index (χ4n) is 2.56. The van der Waals surface area contributed by atoms with Crippen molar-refractivity contribution in [2.75, 3.05) is 26.2 Å². The molecule has 0 aromatic heterocycles. The van der Waals surface area contributed by atoms with Gasteiger partial charge >= 0.3 is 0 Å². The lowest BCUT2D eigenvalue weighted by atomic mass is 10.0. The van der Waals surface area contributed by atoms with Crippen LogP contribution in [0.2, 0.25) is 0 Å². The van der Waals surface area contributed by atoms with Crippen LogP contribution in [0.5, 0.6) is 0 Å². The van der Waals surface area contributed by atoms with Gasteiger partial charge in [-0.05, 0) is 38.3 Å². The third-order valence-corrected chi connectivity index (χ3v) is 3.88. The molecule has 0 aromatic rings. The minimum Gasteiger partial charge on any atom is -0.353 e. The molecule has 1 atom stereocenters. The van der Waals surface area contributed by atoms with Crippen molar-refractivity contribution in [1.82, 2.24) is 10.2 Å². The number of hydrogen-bond donors (Lipinski definition) is 2. The van der Waals surface area contributed by atoms with Gasteiger partial charge in [-0.1, -0.05) is 20.3 Å². The van der Waals surface area contributed by atoms with E-state index >= 15 is 0 Å². The van der Waals surface area contributed by atoms with E-state index in [1.165, 1.54) is 13.0 Å². The summed E-state index contributed by atoms with van der Waals surface area (Å²) in [6, 6.07) is 0.376. The first-order valence-corrected chi connectivity index (χ1v) is 7.41. The molecule has 0 saturated carbocycles. The third kappa shape index (κ3) is 5.36. The minimum atomic E-state index is 0.182. The number of piperidine rings is 1. The molecule has 4 heteroatoms. The van der Waals surface area contributed by atoms with Gasteiger partial charge in [0.05, 0.1) is 0 Å². The Morgan fingerprint density at radius 2 is 2.06 bits per heavy atom. The van der Waals surface area contributed by atoms with Gasteiger partial charge in [0.1, 0.15) is 0 Å². The minimum absolute atomic E-state index is 0.182. The topological polar surface area (TPSA) is 58.4 Å². The molecule has 1 rings (SSSR count). The lowest BCUT2D eigenvalue weighted by Gasteiger charge is -2.32. The summed E-state index contributed by atoms with van der Waals surface area (Å²) in [4.78, 5) is 14.3. The van der Waals surface area contributed by atoms with Crippen molar-refractivity contribution in [2.45, 2.75) is 52.0 Å². The van der Waals surface area contributed by atoms with E-state index in [4.69, 9.17) is 5.73 Å². The van der Waals surface area contributed by atoms with E-state index in [1.807, 2.05) is 0 Å². The number of likely N-dealkylation sites (tertiary alicyclic amines) is 1. The molecule has 0 spiro atoms. The van der Waals surface area contributed by atoms with Crippen LogP contribution >= 0.6 is 0 Å². The van der Waals surface area contributed by atoms with Gasteiger partial charge in [-0.3, -0.25) is 4.79 Å². The van der Waals surface area contributed by atoms with E-state index in [2.05, 4.69) is 24.1 Å². The monoisotopic (exact) mass is 255 g/mol. The van der Waals surface area contributed by atoms with Gasteiger partial charge in [-0.15, -0.1) is 0 Å². The van der Waals surface area contributed by atoms with Gasteiger partial charge in [0.2, 0.25) is 5.91 Å². The third-order valence-electron chi connectivity index (χ3n) is 3.88. The Balaban J connectivity index is 2.21. The van der Waals surface area contributed by atoms with E-state index in [0.29, 0.717) is 24.9 Å². The van der Waals surface area contributed by atoms with E-state index < -0.39 is 0 Å². The van der Waals surface area contributed by atoms with E-state index in [9.17, 15) is 4.79 Å². The lowest BCUT2D eigenvalue weighted by molar-refractivity contribution is -0.123.